The van der Waals surface area contributed by atoms with Crippen LogP contribution < -0.4 is 0 Å². The third kappa shape index (κ3) is 2.63. The zero-order valence-corrected chi connectivity index (χ0v) is 12.8. The standard InChI is InChI=1S/C17H25NO2/c1-16(2,3)20-15(19)18-12-14(11-17(18)9-10-17)13-7-5-4-6-8-13/h4-7,13-14H,8-12H2,1-3H3/t13?,14-/m0/s1. The van der Waals surface area contributed by atoms with E-state index in [9.17, 15) is 4.79 Å². The molecule has 2 fully saturated rings. The molecule has 3 heteroatoms. The predicted molar refractivity (Wildman–Crippen MR) is 79.4 cm³/mol. The molecule has 0 aromatic carbocycles. The molecule has 1 saturated heterocycles. The van der Waals surface area contributed by atoms with Gasteiger partial charge in [0.25, 0.3) is 0 Å². The molecule has 0 aromatic heterocycles. The van der Waals surface area contributed by atoms with Gasteiger partial charge in [0.05, 0.1) is 0 Å². The molecule has 20 heavy (non-hydrogen) atoms. The molecule has 2 atom stereocenters. The Morgan fingerprint density at radius 3 is 2.60 bits per heavy atom. The topological polar surface area (TPSA) is 29.5 Å². The highest BCUT2D eigenvalue weighted by Crippen LogP contribution is 2.53. The van der Waals surface area contributed by atoms with Crippen molar-refractivity contribution in [1.82, 2.24) is 4.90 Å². The molecule has 3 nitrogen and oxygen atoms in total. The van der Waals surface area contributed by atoms with E-state index in [1.54, 1.807) is 0 Å². The third-order valence-electron chi connectivity index (χ3n) is 4.69. The van der Waals surface area contributed by atoms with Crippen molar-refractivity contribution in [2.75, 3.05) is 6.54 Å². The van der Waals surface area contributed by atoms with E-state index < -0.39 is 5.60 Å². The van der Waals surface area contributed by atoms with Gasteiger partial charge in [0.2, 0.25) is 0 Å². The Labute approximate surface area is 121 Å². The first-order chi connectivity index (χ1) is 9.40. The molecule has 0 bridgehead atoms. The first-order valence-electron chi connectivity index (χ1n) is 7.74. The molecule has 3 aliphatic rings. The summed E-state index contributed by atoms with van der Waals surface area (Å²) >= 11 is 0. The lowest BCUT2D eigenvalue weighted by molar-refractivity contribution is 0.0197. The van der Waals surface area contributed by atoms with Gasteiger partial charge in [-0.15, -0.1) is 0 Å². The van der Waals surface area contributed by atoms with Crippen LogP contribution in [0.1, 0.15) is 46.5 Å². The van der Waals surface area contributed by atoms with Crippen LogP contribution >= 0.6 is 0 Å². The molecule has 110 valence electrons. The lowest BCUT2D eigenvalue weighted by Crippen LogP contribution is -2.41. The molecule has 1 aliphatic heterocycles. The van der Waals surface area contributed by atoms with Gasteiger partial charge in [0.15, 0.2) is 0 Å². The largest absolute Gasteiger partial charge is 0.444 e. The molecule has 1 saturated carbocycles. The second-order valence-electron chi connectivity index (χ2n) is 7.49. The molecule has 1 amide bonds. The van der Waals surface area contributed by atoms with E-state index >= 15 is 0 Å². The van der Waals surface area contributed by atoms with Gasteiger partial charge in [-0.25, -0.2) is 4.79 Å². The molecular formula is C17H25NO2. The van der Waals surface area contributed by atoms with Crippen LogP contribution in [-0.4, -0.2) is 28.7 Å². The van der Waals surface area contributed by atoms with Crippen LogP contribution in [0.15, 0.2) is 24.3 Å². The van der Waals surface area contributed by atoms with Gasteiger partial charge in [-0.3, -0.25) is 0 Å². The predicted octanol–water partition coefficient (Wildman–Crippen LogP) is 3.91. The zero-order valence-electron chi connectivity index (χ0n) is 12.8. The summed E-state index contributed by atoms with van der Waals surface area (Å²) in [6, 6.07) is 0. The number of rotatable bonds is 1. The van der Waals surface area contributed by atoms with Crippen LogP contribution in [0.2, 0.25) is 0 Å². The number of allylic oxidation sites excluding steroid dienone is 4. The quantitative estimate of drug-likeness (QED) is 0.726. The molecule has 0 aromatic rings. The summed E-state index contributed by atoms with van der Waals surface area (Å²) in [4.78, 5) is 14.4. The van der Waals surface area contributed by atoms with Crippen molar-refractivity contribution in [3.63, 3.8) is 0 Å². The highest BCUT2D eigenvalue weighted by Gasteiger charge is 2.57. The van der Waals surface area contributed by atoms with Crippen molar-refractivity contribution in [3.05, 3.63) is 24.3 Å². The van der Waals surface area contributed by atoms with E-state index in [0.29, 0.717) is 11.8 Å². The number of likely N-dealkylation sites (tertiary alicyclic amines) is 1. The number of nitrogens with zero attached hydrogens (tertiary/aromatic N) is 1. The number of carbonyl (C=O) groups is 1. The van der Waals surface area contributed by atoms with Gasteiger partial charge in [0, 0.05) is 12.1 Å². The summed E-state index contributed by atoms with van der Waals surface area (Å²) in [5.74, 6) is 1.18. The Morgan fingerprint density at radius 2 is 2.05 bits per heavy atom. The number of carbonyl (C=O) groups excluding carboxylic acids is 1. The van der Waals surface area contributed by atoms with Crippen LogP contribution in [-0.2, 0) is 4.74 Å². The van der Waals surface area contributed by atoms with Crippen LogP contribution in [0, 0.1) is 11.8 Å². The van der Waals surface area contributed by atoms with Crippen molar-refractivity contribution in [3.8, 4) is 0 Å². The van der Waals surface area contributed by atoms with E-state index in [1.165, 1.54) is 0 Å². The van der Waals surface area contributed by atoms with Crippen molar-refractivity contribution >= 4 is 6.09 Å². The summed E-state index contributed by atoms with van der Waals surface area (Å²) in [5.41, 5.74) is -0.277. The molecule has 3 rings (SSSR count). The maximum Gasteiger partial charge on any atom is 0.410 e. The Kier molecular flexibility index (Phi) is 3.19. The van der Waals surface area contributed by atoms with E-state index in [4.69, 9.17) is 4.74 Å². The highest BCUT2D eigenvalue weighted by molar-refractivity contribution is 5.70. The Hall–Kier alpha value is -1.25. The fourth-order valence-corrected chi connectivity index (χ4v) is 3.53. The molecule has 0 radical (unpaired) electrons. The molecule has 2 aliphatic carbocycles. The van der Waals surface area contributed by atoms with E-state index in [-0.39, 0.29) is 11.6 Å². The second-order valence-corrected chi connectivity index (χ2v) is 7.49. The molecule has 1 unspecified atom stereocenters. The Bertz CT molecular complexity index is 454. The maximum atomic E-state index is 12.4. The van der Waals surface area contributed by atoms with Crippen molar-refractivity contribution in [2.45, 2.75) is 57.6 Å². The number of amides is 1. The fraction of sp³-hybridized carbons (Fsp3) is 0.706. The van der Waals surface area contributed by atoms with Gasteiger partial charge in [-0.1, -0.05) is 24.3 Å². The first kappa shape index (κ1) is 13.7. The van der Waals surface area contributed by atoms with E-state index in [1.807, 2.05) is 25.7 Å². The van der Waals surface area contributed by atoms with Crippen LogP contribution in [0.4, 0.5) is 4.79 Å². The van der Waals surface area contributed by atoms with Crippen molar-refractivity contribution in [2.24, 2.45) is 11.8 Å². The van der Waals surface area contributed by atoms with Crippen LogP contribution in [0.3, 0.4) is 0 Å². The first-order valence-corrected chi connectivity index (χ1v) is 7.74. The van der Waals surface area contributed by atoms with Gasteiger partial charge < -0.3 is 9.64 Å². The third-order valence-corrected chi connectivity index (χ3v) is 4.69. The van der Waals surface area contributed by atoms with Gasteiger partial charge in [-0.05, 0) is 58.3 Å². The van der Waals surface area contributed by atoms with E-state index in [2.05, 4.69) is 24.3 Å². The number of hydrogen-bond acceptors (Lipinski definition) is 2. The van der Waals surface area contributed by atoms with Crippen molar-refractivity contribution < 1.29 is 9.53 Å². The Balaban J connectivity index is 1.68. The minimum absolute atomic E-state index is 0.118. The molecular weight excluding hydrogens is 250 g/mol. The fourth-order valence-electron chi connectivity index (χ4n) is 3.53. The van der Waals surface area contributed by atoms with Crippen molar-refractivity contribution in [1.29, 1.82) is 0 Å². The normalized spacial score (nSPS) is 30.9. The second kappa shape index (κ2) is 4.64. The van der Waals surface area contributed by atoms with E-state index in [0.717, 1.165) is 32.2 Å². The maximum absolute atomic E-state index is 12.4. The van der Waals surface area contributed by atoms with Gasteiger partial charge in [-0.2, -0.15) is 0 Å². The van der Waals surface area contributed by atoms with Crippen LogP contribution in [0.25, 0.3) is 0 Å². The summed E-state index contributed by atoms with van der Waals surface area (Å²) in [6.07, 6.45) is 13.2. The monoisotopic (exact) mass is 275 g/mol. The molecule has 0 N–H and O–H groups in total. The SMILES string of the molecule is CC(C)(C)OC(=O)N1C[C@@H](C2C=CC=CC2)CC12CC2. The average molecular weight is 275 g/mol. The molecule has 1 heterocycles. The number of hydrogen-bond donors (Lipinski definition) is 0. The molecule has 1 spiro atoms. The van der Waals surface area contributed by atoms with Gasteiger partial charge >= 0.3 is 6.09 Å². The smallest absolute Gasteiger partial charge is 0.410 e. The lowest BCUT2D eigenvalue weighted by Gasteiger charge is -2.28. The average Bonchev–Trinajstić information content (AvgIpc) is 3.01. The Morgan fingerprint density at radius 1 is 1.30 bits per heavy atom. The van der Waals surface area contributed by atoms with Crippen LogP contribution in [0.5, 0.6) is 0 Å². The minimum Gasteiger partial charge on any atom is -0.444 e. The van der Waals surface area contributed by atoms with Gasteiger partial charge in [0.1, 0.15) is 5.60 Å². The lowest BCUT2D eigenvalue weighted by atomic mass is 9.85. The highest BCUT2D eigenvalue weighted by atomic mass is 16.6. The summed E-state index contributed by atoms with van der Waals surface area (Å²) < 4.78 is 5.59. The summed E-state index contributed by atoms with van der Waals surface area (Å²) in [7, 11) is 0. The summed E-state index contributed by atoms with van der Waals surface area (Å²) in [5, 5.41) is 0. The summed E-state index contributed by atoms with van der Waals surface area (Å²) in [6.45, 7) is 6.67. The minimum atomic E-state index is -0.404. The number of ether oxygens (including phenoxy) is 1. The zero-order chi connectivity index (χ0) is 14.4.